The summed E-state index contributed by atoms with van der Waals surface area (Å²) in [5.74, 6) is -2.05. The highest BCUT2D eigenvalue weighted by atomic mass is 35.5. The molecule has 0 saturated carbocycles. The predicted octanol–water partition coefficient (Wildman–Crippen LogP) is 3.46. The fraction of sp³-hybridized carbons (Fsp3) is 0.0714. The average Bonchev–Trinajstić information content (AvgIpc) is 2.39. The van der Waals surface area contributed by atoms with E-state index in [1.807, 2.05) is 0 Å². The summed E-state index contributed by atoms with van der Waals surface area (Å²) >= 11 is 5.72. The van der Waals surface area contributed by atoms with E-state index in [1.54, 1.807) is 12.1 Å². The van der Waals surface area contributed by atoms with Crippen LogP contribution in [0, 0.1) is 5.82 Å². The number of hydrogen-bond donors (Lipinski definition) is 2. The van der Waals surface area contributed by atoms with E-state index in [0.29, 0.717) is 5.56 Å². The first-order valence-electron chi connectivity index (χ1n) is 5.60. The van der Waals surface area contributed by atoms with Crippen molar-refractivity contribution < 1.29 is 24.1 Å². The van der Waals surface area contributed by atoms with Crippen LogP contribution < -0.4 is 4.74 Å². The van der Waals surface area contributed by atoms with Gasteiger partial charge >= 0.3 is 5.97 Å². The molecule has 0 radical (unpaired) electrons. The van der Waals surface area contributed by atoms with Gasteiger partial charge in [0.1, 0.15) is 29.5 Å². The van der Waals surface area contributed by atoms with Crippen LogP contribution >= 0.6 is 11.6 Å². The molecule has 2 rings (SSSR count). The molecule has 0 atom stereocenters. The lowest BCUT2D eigenvalue weighted by molar-refractivity contribution is 0.0693. The summed E-state index contributed by atoms with van der Waals surface area (Å²) in [5.41, 5.74) is 0.234. The van der Waals surface area contributed by atoms with E-state index in [0.717, 1.165) is 6.07 Å². The number of rotatable bonds is 4. The van der Waals surface area contributed by atoms with Crippen LogP contribution in [0.25, 0.3) is 0 Å². The molecule has 0 spiro atoms. The lowest BCUT2D eigenvalue weighted by Crippen LogP contribution is -2.00. The normalized spacial score (nSPS) is 10.3. The Morgan fingerprint density at radius 1 is 1.30 bits per heavy atom. The van der Waals surface area contributed by atoms with Crippen LogP contribution in [0.1, 0.15) is 15.9 Å². The number of benzene rings is 2. The van der Waals surface area contributed by atoms with Crippen LogP contribution in [-0.2, 0) is 6.61 Å². The first kappa shape index (κ1) is 14.1. The highest BCUT2D eigenvalue weighted by molar-refractivity contribution is 6.32. The number of ether oxygens (including phenoxy) is 1. The van der Waals surface area contributed by atoms with E-state index in [4.69, 9.17) is 21.4 Å². The van der Waals surface area contributed by atoms with Crippen LogP contribution in [0.15, 0.2) is 36.4 Å². The Balaban J connectivity index is 2.20. The Hall–Kier alpha value is -2.27. The molecule has 2 N–H and O–H groups in total. The number of aromatic carboxylic acids is 1. The quantitative estimate of drug-likeness (QED) is 0.906. The summed E-state index contributed by atoms with van der Waals surface area (Å²) in [6, 6.07) is 8.28. The maximum Gasteiger partial charge on any atom is 0.339 e. The largest absolute Gasteiger partial charge is 0.505 e. The first-order valence-corrected chi connectivity index (χ1v) is 5.98. The summed E-state index contributed by atoms with van der Waals surface area (Å²) in [5, 5.41) is 18.3. The van der Waals surface area contributed by atoms with Gasteiger partial charge in [-0.15, -0.1) is 0 Å². The third-order valence-electron chi connectivity index (χ3n) is 2.56. The smallest absolute Gasteiger partial charge is 0.339 e. The predicted molar refractivity (Wildman–Crippen MR) is 70.8 cm³/mol. The van der Waals surface area contributed by atoms with Gasteiger partial charge in [0.2, 0.25) is 0 Å². The second-order valence-electron chi connectivity index (χ2n) is 4.03. The van der Waals surface area contributed by atoms with Gasteiger partial charge in [-0.2, -0.15) is 0 Å². The van der Waals surface area contributed by atoms with Crippen molar-refractivity contribution in [3.8, 4) is 11.5 Å². The molecule has 104 valence electrons. The van der Waals surface area contributed by atoms with Gasteiger partial charge in [0.25, 0.3) is 0 Å². The second kappa shape index (κ2) is 5.79. The lowest BCUT2D eigenvalue weighted by Gasteiger charge is -2.09. The minimum absolute atomic E-state index is 0.0535. The van der Waals surface area contributed by atoms with Crippen molar-refractivity contribution in [3.63, 3.8) is 0 Å². The molecule has 0 aromatic heterocycles. The average molecular weight is 297 g/mol. The van der Waals surface area contributed by atoms with Crippen LogP contribution in [-0.4, -0.2) is 16.2 Å². The van der Waals surface area contributed by atoms with Crippen molar-refractivity contribution in [2.24, 2.45) is 0 Å². The molecule has 6 heteroatoms. The standard InChI is InChI=1S/C14H10ClFO4/c15-12-6-10(5-11(13(12)17)14(18)19)20-7-8-2-1-3-9(16)4-8/h1-6,17H,7H2,(H,18,19). The highest BCUT2D eigenvalue weighted by Gasteiger charge is 2.15. The molecular weight excluding hydrogens is 287 g/mol. The highest BCUT2D eigenvalue weighted by Crippen LogP contribution is 2.32. The zero-order chi connectivity index (χ0) is 14.7. The molecule has 4 nitrogen and oxygen atoms in total. The summed E-state index contributed by atoms with van der Waals surface area (Å²) in [6.07, 6.45) is 0. The number of carboxylic acids is 1. The Morgan fingerprint density at radius 2 is 2.05 bits per heavy atom. The summed E-state index contributed by atoms with van der Waals surface area (Å²) in [4.78, 5) is 10.9. The summed E-state index contributed by atoms with van der Waals surface area (Å²) in [6.45, 7) is 0.0535. The molecule has 0 fully saturated rings. The molecule has 0 unspecified atom stereocenters. The van der Waals surface area contributed by atoms with Gasteiger partial charge in [0.15, 0.2) is 0 Å². The fourth-order valence-corrected chi connectivity index (χ4v) is 1.82. The zero-order valence-electron chi connectivity index (χ0n) is 10.1. The van der Waals surface area contributed by atoms with Crippen molar-refractivity contribution in [2.45, 2.75) is 6.61 Å². The van der Waals surface area contributed by atoms with Gasteiger partial charge < -0.3 is 14.9 Å². The fourth-order valence-electron chi connectivity index (χ4n) is 1.61. The van der Waals surface area contributed by atoms with Gasteiger partial charge in [-0.25, -0.2) is 9.18 Å². The molecule has 0 aliphatic carbocycles. The molecular formula is C14H10ClFO4. The van der Waals surface area contributed by atoms with Crippen LogP contribution in [0.2, 0.25) is 5.02 Å². The SMILES string of the molecule is O=C(O)c1cc(OCc2cccc(F)c2)cc(Cl)c1O. The van der Waals surface area contributed by atoms with E-state index in [1.165, 1.54) is 18.2 Å². The Labute approximate surface area is 119 Å². The third kappa shape index (κ3) is 3.19. The molecule has 0 amide bonds. The third-order valence-corrected chi connectivity index (χ3v) is 2.85. The lowest BCUT2D eigenvalue weighted by atomic mass is 10.2. The molecule has 20 heavy (non-hydrogen) atoms. The Kier molecular flexibility index (Phi) is 4.10. The van der Waals surface area contributed by atoms with Gasteiger partial charge in [-0.05, 0) is 23.8 Å². The number of carbonyl (C=O) groups is 1. The summed E-state index contributed by atoms with van der Waals surface area (Å²) < 4.78 is 18.3. The second-order valence-corrected chi connectivity index (χ2v) is 4.43. The Bertz CT molecular complexity index is 658. The van der Waals surface area contributed by atoms with Gasteiger partial charge in [0, 0.05) is 6.07 Å². The number of phenols is 1. The number of aromatic hydroxyl groups is 1. The molecule has 2 aromatic carbocycles. The van der Waals surface area contributed by atoms with Crippen molar-refractivity contribution in [3.05, 3.63) is 58.4 Å². The molecule has 0 heterocycles. The minimum atomic E-state index is -1.32. The van der Waals surface area contributed by atoms with Crippen LogP contribution in [0.5, 0.6) is 11.5 Å². The van der Waals surface area contributed by atoms with E-state index >= 15 is 0 Å². The van der Waals surface area contributed by atoms with E-state index in [9.17, 15) is 14.3 Å². The molecule has 0 aliphatic heterocycles. The summed E-state index contributed by atoms with van der Waals surface area (Å²) in [7, 11) is 0. The van der Waals surface area contributed by atoms with Gasteiger partial charge in [-0.1, -0.05) is 23.7 Å². The van der Waals surface area contributed by atoms with E-state index in [2.05, 4.69) is 0 Å². The monoisotopic (exact) mass is 296 g/mol. The van der Waals surface area contributed by atoms with E-state index < -0.39 is 11.7 Å². The molecule has 0 aliphatic rings. The number of carboxylic acid groups (broad SMARTS) is 1. The minimum Gasteiger partial charge on any atom is -0.505 e. The van der Waals surface area contributed by atoms with Gasteiger partial charge in [0.05, 0.1) is 5.02 Å². The number of hydrogen-bond acceptors (Lipinski definition) is 3. The topological polar surface area (TPSA) is 66.8 Å². The Morgan fingerprint density at radius 3 is 2.70 bits per heavy atom. The molecule has 2 aromatic rings. The van der Waals surface area contributed by atoms with Crippen molar-refractivity contribution in [1.29, 1.82) is 0 Å². The van der Waals surface area contributed by atoms with Crippen molar-refractivity contribution >= 4 is 17.6 Å². The van der Waals surface area contributed by atoms with Crippen LogP contribution in [0.4, 0.5) is 4.39 Å². The van der Waals surface area contributed by atoms with E-state index in [-0.39, 0.29) is 28.8 Å². The first-order chi connectivity index (χ1) is 9.47. The van der Waals surface area contributed by atoms with Crippen molar-refractivity contribution in [2.75, 3.05) is 0 Å². The van der Waals surface area contributed by atoms with Crippen molar-refractivity contribution in [1.82, 2.24) is 0 Å². The maximum atomic E-state index is 13.0. The molecule has 0 saturated heterocycles. The van der Waals surface area contributed by atoms with Crippen LogP contribution in [0.3, 0.4) is 0 Å². The number of halogens is 2. The maximum absolute atomic E-state index is 13.0. The zero-order valence-corrected chi connectivity index (χ0v) is 10.9. The molecule has 0 bridgehead atoms. The van der Waals surface area contributed by atoms with Gasteiger partial charge in [-0.3, -0.25) is 0 Å².